The molecule has 0 spiro atoms. The van der Waals surface area contributed by atoms with Crippen LogP contribution in [0, 0.1) is 13.8 Å². The van der Waals surface area contributed by atoms with Gasteiger partial charge in [-0.25, -0.2) is 8.42 Å². The van der Waals surface area contributed by atoms with Crippen molar-refractivity contribution in [1.82, 2.24) is 0 Å². The molecule has 0 aromatic heterocycles. The molecule has 0 unspecified atom stereocenters. The summed E-state index contributed by atoms with van der Waals surface area (Å²) in [6, 6.07) is 20.1. The Bertz CT molecular complexity index is 1130. The average molecular weight is 429 g/mol. The zero-order valence-electron chi connectivity index (χ0n) is 16.1. The normalized spacial score (nSPS) is 11.1. The molecule has 0 aliphatic carbocycles. The number of aryl methyl sites for hydroxylation is 2. The molecule has 0 saturated heterocycles. The van der Waals surface area contributed by atoms with Gasteiger partial charge >= 0.3 is 0 Å². The summed E-state index contributed by atoms with van der Waals surface area (Å²) in [6.07, 6.45) is 0. The highest BCUT2D eigenvalue weighted by atomic mass is 35.5. The van der Waals surface area contributed by atoms with Crippen LogP contribution in [-0.4, -0.2) is 20.9 Å². The van der Waals surface area contributed by atoms with Crippen molar-refractivity contribution < 1.29 is 13.2 Å². The highest BCUT2D eigenvalue weighted by Gasteiger charge is 2.27. The maximum Gasteiger partial charge on any atom is 0.264 e. The molecule has 0 aliphatic rings. The molecule has 7 heteroatoms. The van der Waals surface area contributed by atoms with Crippen molar-refractivity contribution in [3.05, 3.63) is 88.9 Å². The summed E-state index contributed by atoms with van der Waals surface area (Å²) in [5.74, 6) is -0.446. The number of sulfonamides is 1. The topological polar surface area (TPSA) is 66.5 Å². The summed E-state index contributed by atoms with van der Waals surface area (Å²) in [5.41, 5.74) is 2.86. The van der Waals surface area contributed by atoms with E-state index < -0.39 is 15.9 Å². The van der Waals surface area contributed by atoms with Crippen LogP contribution in [0.4, 0.5) is 11.4 Å². The molecule has 3 rings (SSSR count). The van der Waals surface area contributed by atoms with Gasteiger partial charge in [-0.15, -0.1) is 0 Å². The molecule has 3 aromatic rings. The number of carbonyl (C=O) groups is 1. The third-order valence-corrected chi connectivity index (χ3v) is 6.40. The molecule has 0 saturated carbocycles. The number of carbonyl (C=O) groups excluding carboxylic acids is 1. The third-order valence-electron chi connectivity index (χ3n) is 4.38. The van der Waals surface area contributed by atoms with E-state index in [9.17, 15) is 13.2 Å². The van der Waals surface area contributed by atoms with Gasteiger partial charge in [0.1, 0.15) is 6.54 Å². The zero-order chi connectivity index (χ0) is 21.0. The predicted octanol–water partition coefficient (Wildman–Crippen LogP) is 4.79. The fraction of sp³-hybridized carbons (Fsp3) is 0.136. The van der Waals surface area contributed by atoms with Gasteiger partial charge in [0, 0.05) is 10.7 Å². The lowest BCUT2D eigenvalue weighted by Crippen LogP contribution is -2.38. The number of anilines is 2. The molecule has 0 aliphatic heterocycles. The molecule has 5 nitrogen and oxygen atoms in total. The number of hydrogen-bond acceptors (Lipinski definition) is 3. The smallest absolute Gasteiger partial charge is 0.264 e. The number of nitrogens with one attached hydrogen (secondary N) is 1. The van der Waals surface area contributed by atoms with Crippen LogP contribution in [0.15, 0.2) is 77.7 Å². The van der Waals surface area contributed by atoms with Crippen LogP contribution in [0.3, 0.4) is 0 Å². The fourth-order valence-electron chi connectivity index (χ4n) is 2.86. The zero-order valence-corrected chi connectivity index (χ0v) is 17.7. The van der Waals surface area contributed by atoms with E-state index in [1.807, 2.05) is 32.0 Å². The lowest BCUT2D eigenvalue weighted by Gasteiger charge is -2.24. The van der Waals surface area contributed by atoms with Crippen LogP contribution >= 0.6 is 11.6 Å². The minimum absolute atomic E-state index is 0.0968. The Balaban J connectivity index is 1.95. The Labute approximate surface area is 176 Å². The second-order valence-corrected chi connectivity index (χ2v) is 8.97. The van der Waals surface area contributed by atoms with Gasteiger partial charge in [-0.05, 0) is 61.4 Å². The number of hydrogen-bond donors (Lipinski definition) is 1. The second-order valence-electron chi connectivity index (χ2n) is 6.67. The summed E-state index contributed by atoms with van der Waals surface area (Å²) < 4.78 is 27.6. The van der Waals surface area contributed by atoms with Gasteiger partial charge in [-0.1, -0.05) is 48.0 Å². The van der Waals surface area contributed by atoms with Gasteiger partial charge in [-0.2, -0.15) is 0 Å². The van der Waals surface area contributed by atoms with Crippen molar-refractivity contribution in [2.45, 2.75) is 18.7 Å². The number of nitrogens with zero attached hydrogens (tertiary/aromatic N) is 1. The monoisotopic (exact) mass is 428 g/mol. The van der Waals surface area contributed by atoms with Gasteiger partial charge in [0.25, 0.3) is 10.0 Å². The van der Waals surface area contributed by atoms with Crippen molar-refractivity contribution in [1.29, 1.82) is 0 Å². The van der Waals surface area contributed by atoms with Crippen LogP contribution in [-0.2, 0) is 14.8 Å². The quantitative estimate of drug-likeness (QED) is 0.613. The number of halogens is 1. The second kappa shape index (κ2) is 8.68. The number of benzene rings is 3. The molecular weight excluding hydrogens is 408 g/mol. The first-order valence-corrected chi connectivity index (χ1v) is 10.8. The highest BCUT2D eigenvalue weighted by molar-refractivity contribution is 7.92. The van der Waals surface area contributed by atoms with E-state index in [4.69, 9.17) is 11.6 Å². The lowest BCUT2D eigenvalue weighted by atomic mass is 10.1. The molecule has 0 heterocycles. The number of amides is 1. The fourth-order valence-corrected chi connectivity index (χ4v) is 4.48. The Kier molecular flexibility index (Phi) is 6.25. The van der Waals surface area contributed by atoms with E-state index >= 15 is 0 Å². The van der Waals surface area contributed by atoms with Crippen LogP contribution in [0.1, 0.15) is 11.1 Å². The van der Waals surface area contributed by atoms with Crippen LogP contribution in [0.2, 0.25) is 5.02 Å². The molecule has 0 fully saturated rings. The molecule has 0 atom stereocenters. The van der Waals surface area contributed by atoms with Gasteiger partial charge in [0.15, 0.2) is 0 Å². The van der Waals surface area contributed by atoms with Gasteiger partial charge in [0.05, 0.1) is 10.6 Å². The van der Waals surface area contributed by atoms with Crippen molar-refractivity contribution in [2.75, 3.05) is 16.2 Å². The van der Waals surface area contributed by atoms with E-state index in [1.165, 1.54) is 18.2 Å². The molecule has 3 aromatic carbocycles. The van der Waals surface area contributed by atoms with Crippen LogP contribution < -0.4 is 9.62 Å². The molecule has 0 bridgehead atoms. The summed E-state index contributed by atoms with van der Waals surface area (Å²) >= 11 is 6.07. The minimum atomic E-state index is -3.96. The van der Waals surface area contributed by atoms with E-state index in [0.29, 0.717) is 16.4 Å². The standard InChI is InChI=1S/C22H21ClN2O3S/c1-16-11-12-17(2)21(13-16)24-22(26)15-25(19-8-6-7-18(23)14-19)29(27,28)20-9-4-3-5-10-20/h3-14H,15H2,1-2H3,(H,24,26). The van der Waals surface area contributed by atoms with Crippen LogP contribution in [0.25, 0.3) is 0 Å². The third kappa shape index (κ3) is 4.96. The molecular formula is C22H21ClN2O3S. The molecule has 0 radical (unpaired) electrons. The lowest BCUT2D eigenvalue weighted by molar-refractivity contribution is -0.114. The maximum atomic E-state index is 13.3. The van der Waals surface area contributed by atoms with Gasteiger partial charge in [0.2, 0.25) is 5.91 Å². The van der Waals surface area contributed by atoms with E-state index in [1.54, 1.807) is 36.4 Å². The first kappa shape index (κ1) is 20.9. The Morgan fingerprint density at radius 1 is 0.966 bits per heavy atom. The molecule has 29 heavy (non-hydrogen) atoms. The van der Waals surface area contributed by atoms with Gasteiger partial charge < -0.3 is 5.32 Å². The Hall–Kier alpha value is -2.83. The average Bonchev–Trinajstić information content (AvgIpc) is 2.69. The predicted molar refractivity (Wildman–Crippen MR) is 117 cm³/mol. The van der Waals surface area contributed by atoms with E-state index in [0.717, 1.165) is 15.4 Å². The Morgan fingerprint density at radius 3 is 2.38 bits per heavy atom. The first-order chi connectivity index (χ1) is 13.8. The van der Waals surface area contributed by atoms with E-state index in [-0.39, 0.29) is 11.4 Å². The SMILES string of the molecule is Cc1ccc(C)c(NC(=O)CN(c2cccc(Cl)c2)S(=O)(=O)c2ccccc2)c1. The van der Waals surface area contributed by atoms with Crippen LogP contribution in [0.5, 0.6) is 0 Å². The van der Waals surface area contributed by atoms with Gasteiger partial charge in [-0.3, -0.25) is 9.10 Å². The molecule has 1 amide bonds. The largest absolute Gasteiger partial charge is 0.324 e. The van der Waals surface area contributed by atoms with Crippen molar-refractivity contribution in [3.8, 4) is 0 Å². The summed E-state index contributed by atoms with van der Waals surface area (Å²) in [7, 11) is -3.96. The van der Waals surface area contributed by atoms with E-state index in [2.05, 4.69) is 5.32 Å². The van der Waals surface area contributed by atoms with Crippen molar-refractivity contribution in [2.24, 2.45) is 0 Å². The first-order valence-electron chi connectivity index (χ1n) is 8.98. The Morgan fingerprint density at radius 2 is 1.69 bits per heavy atom. The number of rotatable bonds is 6. The maximum absolute atomic E-state index is 13.3. The minimum Gasteiger partial charge on any atom is -0.324 e. The summed E-state index contributed by atoms with van der Waals surface area (Å²) in [5, 5.41) is 3.19. The summed E-state index contributed by atoms with van der Waals surface area (Å²) in [6.45, 7) is 3.42. The highest BCUT2D eigenvalue weighted by Crippen LogP contribution is 2.26. The van der Waals surface area contributed by atoms with Crippen molar-refractivity contribution >= 4 is 38.9 Å². The molecule has 150 valence electrons. The summed E-state index contributed by atoms with van der Waals surface area (Å²) in [4.78, 5) is 12.9. The van der Waals surface area contributed by atoms with Crippen molar-refractivity contribution in [3.63, 3.8) is 0 Å². The molecule has 1 N–H and O–H groups in total.